The summed E-state index contributed by atoms with van der Waals surface area (Å²) in [6, 6.07) is 8.38. The molecule has 1 aromatic rings. The second-order valence-electron chi connectivity index (χ2n) is 6.05. The van der Waals surface area contributed by atoms with Gasteiger partial charge in [-0.25, -0.2) is 0 Å². The summed E-state index contributed by atoms with van der Waals surface area (Å²) >= 11 is 0. The molecule has 0 unspecified atom stereocenters. The van der Waals surface area contributed by atoms with Gasteiger partial charge in [0.2, 0.25) is 0 Å². The van der Waals surface area contributed by atoms with Crippen LogP contribution >= 0.6 is 0 Å². The molecule has 0 spiro atoms. The molecule has 19 heavy (non-hydrogen) atoms. The second kappa shape index (κ2) is 8.21. The molecule has 0 fully saturated rings. The fourth-order valence-corrected chi connectivity index (χ4v) is 2.05. The third-order valence-corrected chi connectivity index (χ3v) is 3.13. The van der Waals surface area contributed by atoms with Crippen LogP contribution in [0.25, 0.3) is 0 Å². The Kier molecular flexibility index (Phi) is 6.93. The number of benzene rings is 1. The second-order valence-corrected chi connectivity index (χ2v) is 6.05. The lowest BCUT2D eigenvalue weighted by Gasteiger charge is -2.22. The summed E-state index contributed by atoms with van der Waals surface area (Å²) < 4.78 is 5.94. The van der Waals surface area contributed by atoms with Gasteiger partial charge in [0.15, 0.2) is 0 Å². The van der Waals surface area contributed by atoms with Gasteiger partial charge in [-0.05, 0) is 49.4 Å². The lowest BCUT2D eigenvalue weighted by Crippen LogP contribution is -2.17. The van der Waals surface area contributed by atoms with Crippen molar-refractivity contribution in [3.05, 3.63) is 29.8 Å². The highest BCUT2D eigenvalue weighted by atomic mass is 16.5. The number of para-hydroxylation sites is 1. The summed E-state index contributed by atoms with van der Waals surface area (Å²) in [6.45, 7) is 11.9. The molecule has 0 heterocycles. The summed E-state index contributed by atoms with van der Waals surface area (Å²) in [7, 11) is 0. The van der Waals surface area contributed by atoms with Gasteiger partial charge in [0.05, 0.1) is 6.61 Å². The van der Waals surface area contributed by atoms with E-state index < -0.39 is 0 Å². The maximum absolute atomic E-state index is 5.94. The Morgan fingerprint density at radius 3 is 2.47 bits per heavy atom. The van der Waals surface area contributed by atoms with E-state index in [0.29, 0.717) is 0 Å². The smallest absolute Gasteiger partial charge is 0.123 e. The van der Waals surface area contributed by atoms with Crippen molar-refractivity contribution in [2.24, 2.45) is 0 Å². The highest BCUT2D eigenvalue weighted by Crippen LogP contribution is 2.30. The van der Waals surface area contributed by atoms with Crippen molar-refractivity contribution in [2.45, 2.75) is 52.4 Å². The largest absolute Gasteiger partial charge is 0.493 e. The Morgan fingerprint density at radius 1 is 1.05 bits per heavy atom. The molecule has 0 aliphatic heterocycles. The van der Waals surface area contributed by atoms with Crippen LogP contribution in [0.5, 0.6) is 5.75 Å². The minimum atomic E-state index is 0.138. The Bertz CT molecular complexity index is 355. The zero-order valence-electron chi connectivity index (χ0n) is 13.0. The Morgan fingerprint density at radius 2 is 1.79 bits per heavy atom. The normalized spacial score (nSPS) is 11.6. The molecule has 0 radical (unpaired) electrons. The molecular formula is C17H29NO. The van der Waals surface area contributed by atoms with E-state index in [1.807, 2.05) is 6.07 Å². The maximum atomic E-state index is 5.94. The van der Waals surface area contributed by atoms with Crippen molar-refractivity contribution >= 4 is 0 Å². The molecule has 1 aromatic carbocycles. The number of hydrogen-bond donors (Lipinski definition) is 1. The molecule has 1 N–H and O–H groups in total. The highest BCUT2D eigenvalue weighted by Gasteiger charge is 2.17. The van der Waals surface area contributed by atoms with E-state index in [1.165, 1.54) is 18.4 Å². The standard InChI is InChI=1S/C17H29NO/c1-5-12-18-13-8-9-14-19-16-11-7-6-10-15(16)17(2,3)4/h6-7,10-11,18H,5,8-9,12-14H2,1-4H3. The third-order valence-electron chi connectivity index (χ3n) is 3.13. The average Bonchev–Trinajstić information content (AvgIpc) is 2.37. The Labute approximate surface area is 118 Å². The highest BCUT2D eigenvalue weighted by molar-refractivity contribution is 5.38. The first-order valence-electron chi connectivity index (χ1n) is 7.48. The van der Waals surface area contributed by atoms with Crippen LogP contribution in [-0.4, -0.2) is 19.7 Å². The predicted octanol–water partition coefficient (Wildman–Crippen LogP) is 4.14. The molecule has 0 aliphatic rings. The molecule has 1 rings (SSSR count). The monoisotopic (exact) mass is 263 g/mol. The van der Waals surface area contributed by atoms with Crippen LogP contribution < -0.4 is 10.1 Å². The predicted molar refractivity (Wildman–Crippen MR) is 83.0 cm³/mol. The topological polar surface area (TPSA) is 21.3 Å². The number of unbranched alkanes of at least 4 members (excludes halogenated alkanes) is 1. The van der Waals surface area contributed by atoms with Crippen molar-refractivity contribution < 1.29 is 4.74 Å². The van der Waals surface area contributed by atoms with Crippen molar-refractivity contribution in [3.63, 3.8) is 0 Å². The lowest BCUT2D eigenvalue weighted by atomic mass is 9.86. The van der Waals surface area contributed by atoms with Crippen LogP contribution in [-0.2, 0) is 5.41 Å². The van der Waals surface area contributed by atoms with Gasteiger partial charge in [-0.15, -0.1) is 0 Å². The van der Waals surface area contributed by atoms with Gasteiger partial charge in [-0.2, -0.15) is 0 Å². The van der Waals surface area contributed by atoms with E-state index in [-0.39, 0.29) is 5.41 Å². The molecule has 2 nitrogen and oxygen atoms in total. The molecule has 0 atom stereocenters. The number of nitrogens with one attached hydrogen (secondary N) is 1. The molecule has 0 saturated heterocycles. The minimum absolute atomic E-state index is 0.138. The average molecular weight is 263 g/mol. The van der Waals surface area contributed by atoms with Crippen LogP contribution in [0.1, 0.15) is 52.5 Å². The SMILES string of the molecule is CCCNCCCCOc1ccccc1C(C)(C)C. The van der Waals surface area contributed by atoms with Gasteiger partial charge in [-0.1, -0.05) is 45.9 Å². The van der Waals surface area contributed by atoms with E-state index in [0.717, 1.165) is 31.9 Å². The van der Waals surface area contributed by atoms with Crippen molar-refractivity contribution in [2.75, 3.05) is 19.7 Å². The van der Waals surface area contributed by atoms with Crippen LogP contribution in [0.15, 0.2) is 24.3 Å². The molecule has 2 heteroatoms. The minimum Gasteiger partial charge on any atom is -0.493 e. The third kappa shape index (κ3) is 6.11. The molecule has 0 aromatic heterocycles. The molecule has 0 bridgehead atoms. The fourth-order valence-electron chi connectivity index (χ4n) is 2.05. The van der Waals surface area contributed by atoms with Crippen molar-refractivity contribution in [1.82, 2.24) is 5.32 Å². The van der Waals surface area contributed by atoms with Gasteiger partial charge in [-0.3, -0.25) is 0 Å². The summed E-state index contributed by atoms with van der Waals surface area (Å²) in [5, 5.41) is 3.41. The van der Waals surface area contributed by atoms with E-state index in [4.69, 9.17) is 4.74 Å². The zero-order valence-corrected chi connectivity index (χ0v) is 13.0. The lowest BCUT2D eigenvalue weighted by molar-refractivity contribution is 0.298. The van der Waals surface area contributed by atoms with E-state index >= 15 is 0 Å². The van der Waals surface area contributed by atoms with E-state index in [2.05, 4.69) is 51.2 Å². The van der Waals surface area contributed by atoms with Crippen LogP contribution in [0.2, 0.25) is 0 Å². The first kappa shape index (κ1) is 16.0. The van der Waals surface area contributed by atoms with E-state index in [1.54, 1.807) is 0 Å². The Hall–Kier alpha value is -1.02. The maximum Gasteiger partial charge on any atom is 0.123 e. The summed E-state index contributed by atoms with van der Waals surface area (Å²) in [5.74, 6) is 1.04. The molecule has 0 saturated carbocycles. The first-order chi connectivity index (χ1) is 9.05. The molecule has 0 aliphatic carbocycles. The van der Waals surface area contributed by atoms with Crippen LogP contribution in [0.4, 0.5) is 0 Å². The molecule has 108 valence electrons. The van der Waals surface area contributed by atoms with Crippen molar-refractivity contribution in [3.8, 4) is 5.75 Å². The quantitative estimate of drug-likeness (QED) is 0.712. The van der Waals surface area contributed by atoms with E-state index in [9.17, 15) is 0 Å². The van der Waals surface area contributed by atoms with Gasteiger partial charge in [0.25, 0.3) is 0 Å². The number of ether oxygens (including phenoxy) is 1. The molecule has 0 amide bonds. The van der Waals surface area contributed by atoms with Gasteiger partial charge in [0, 0.05) is 0 Å². The Balaban J connectivity index is 2.33. The summed E-state index contributed by atoms with van der Waals surface area (Å²) in [4.78, 5) is 0. The van der Waals surface area contributed by atoms with Crippen LogP contribution in [0.3, 0.4) is 0 Å². The molecular weight excluding hydrogens is 234 g/mol. The fraction of sp³-hybridized carbons (Fsp3) is 0.647. The van der Waals surface area contributed by atoms with Crippen LogP contribution in [0, 0.1) is 0 Å². The first-order valence-corrected chi connectivity index (χ1v) is 7.48. The number of hydrogen-bond acceptors (Lipinski definition) is 2. The zero-order chi connectivity index (χ0) is 14.1. The van der Waals surface area contributed by atoms with Gasteiger partial charge < -0.3 is 10.1 Å². The summed E-state index contributed by atoms with van der Waals surface area (Å²) in [5.41, 5.74) is 1.43. The van der Waals surface area contributed by atoms with Gasteiger partial charge >= 0.3 is 0 Å². The number of rotatable bonds is 8. The summed E-state index contributed by atoms with van der Waals surface area (Å²) in [6.07, 6.45) is 3.49. The van der Waals surface area contributed by atoms with Gasteiger partial charge in [0.1, 0.15) is 5.75 Å². The van der Waals surface area contributed by atoms with Crippen molar-refractivity contribution in [1.29, 1.82) is 0 Å².